The molecule has 0 aliphatic carbocycles. The molecule has 25 heavy (non-hydrogen) atoms. The number of rotatable bonds is 4. The molecule has 1 aliphatic rings. The number of carbonyl (C=O) groups is 1. The summed E-state index contributed by atoms with van der Waals surface area (Å²) in [5, 5.41) is 10.5. The number of nitrogens with zero attached hydrogens (tertiary/aromatic N) is 2. The standard InChI is InChI=1S/C19H17ClN2O2S/c1-2-10-21-19-22(14-6-4-3-5-7-14)18(24)17(25-19)12-13-8-9-16(23)15(20)11-13/h3-9,11-12,23H,2,10H2,1H3. The first-order valence-corrected chi connectivity index (χ1v) is 9.11. The maximum absolute atomic E-state index is 12.9. The van der Waals surface area contributed by atoms with Gasteiger partial charge in [-0.25, -0.2) is 0 Å². The first-order valence-electron chi connectivity index (χ1n) is 7.92. The third-order valence-corrected chi connectivity index (χ3v) is 4.87. The van der Waals surface area contributed by atoms with Crippen LogP contribution in [0, 0.1) is 0 Å². The number of para-hydroxylation sites is 1. The topological polar surface area (TPSA) is 52.9 Å². The molecule has 0 bridgehead atoms. The van der Waals surface area contributed by atoms with Gasteiger partial charge >= 0.3 is 0 Å². The number of benzene rings is 2. The molecule has 4 nitrogen and oxygen atoms in total. The summed E-state index contributed by atoms with van der Waals surface area (Å²) >= 11 is 7.30. The zero-order chi connectivity index (χ0) is 17.8. The number of amides is 1. The van der Waals surface area contributed by atoms with Gasteiger partial charge in [-0.05, 0) is 54.1 Å². The molecule has 1 amide bonds. The normalized spacial score (nSPS) is 17.7. The molecule has 2 aromatic carbocycles. The lowest BCUT2D eigenvalue weighted by atomic mass is 10.2. The van der Waals surface area contributed by atoms with E-state index >= 15 is 0 Å². The molecule has 1 heterocycles. The monoisotopic (exact) mass is 372 g/mol. The van der Waals surface area contributed by atoms with E-state index in [0.717, 1.165) is 17.7 Å². The molecule has 1 aliphatic heterocycles. The molecular formula is C19H17ClN2O2S. The lowest BCUT2D eigenvalue weighted by molar-refractivity contribution is -0.113. The van der Waals surface area contributed by atoms with Gasteiger partial charge in [0.25, 0.3) is 5.91 Å². The van der Waals surface area contributed by atoms with Crippen LogP contribution < -0.4 is 4.90 Å². The van der Waals surface area contributed by atoms with Gasteiger partial charge in [0.15, 0.2) is 5.17 Å². The third-order valence-electron chi connectivity index (χ3n) is 3.56. The van der Waals surface area contributed by atoms with Crippen molar-refractivity contribution >= 4 is 46.2 Å². The summed E-state index contributed by atoms with van der Waals surface area (Å²) in [4.78, 5) is 19.7. The molecule has 0 radical (unpaired) electrons. The van der Waals surface area contributed by atoms with Crippen molar-refractivity contribution < 1.29 is 9.90 Å². The Bertz CT molecular complexity index is 850. The fourth-order valence-electron chi connectivity index (χ4n) is 2.36. The second kappa shape index (κ2) is 7.76. The van der Waals surface area contributed by atoms with Gasteiger partial charge in [0.05, 0.1) is 15.6 Å². The Morgan fingerprint density at radius 2 is 2.00 bits per heavy atom. The fraction of sp³-hybridized carbons (Fsp3) is 0.158. The molecule has 6 heteroatoms. The van der Waals surface area contributed by atoms with E-state index in [9.17, 15) is 9.90 Å². The molecule has 0 spiro atoms. The lowest BCUT2D eigenvalue weighted by Gasteiger charge is -2.15. The number of thioether (sulfide) groups is 1. The highest BCUT2D eigenvalue weighted by molar-refractivity contribution is 8.19. The van der Waals surface area contributed by atoms with Gasteiger partial charge in [0.1, 0.15) is 5.75 Å². The minimum atomic E-state index is -0.116. The maximum Gasteiger partial charge on any atom is 0.271 e. The number of phenolic OH excluding ortho intramolecular Hbond substituents is 1. The van der Waals surface area contributed by atoms with E-state index < -0.39 is 0 Å². The Hall–Kier alpha value is -2.24. The maximum atomic E-state index is 12.9. The summed E-state index contributed by atoms with van der Waals surface area (Å²) in [6.07, 6.45) is 2.68. The first-order chi connectivity index (χ1) is 12.1. The lowest BCUT2D eigenvalue weighted by Crippen LogP contribution is -2.28. The number of aliphatic imine (C=N–C) groups is 1. The van der Waals surface area contributed by atoms with E-state index in [1.807, 2.05) is 37.3 Å². The quantitative estimate of drug-likeness (QED) is 0.774. The van der Waals surface area contributed by atoms with Gasteiger partial charge in [-0.3, -0.25) is 14.7 Å². The van der Waals surface area contributed by atoms with Gasteiger partial charge in [-0.15, -0.1) is 0 Å². The summed E-state index contributed by atoms with van der Waals surface area (Å²) in [6.45, 7) is 2.71. The minimum absolute atomic E-state index is 0.0188. The van der Waals surface area contributed by atoms with Gasteiger partial charge in [-0.1, -0.05) is 42.8 Å². The second-order valence-corrected chi connectivity index (χ2v) is 6.88. The van der Waals surface area contributed by atoms with Crippen molar-refractivity contribution in [1.82, 2.24) is 0 Å². The zero-order valence-corrected chi connectivity index (χ0v) is 15.2. The highest BCUT2D eigenvalue weighted by atomic mass is 35.5. The van der Waals surface area contributed by atoms with Gasteiger partial charge in [0.2, 0.25) is 0 Å². The Morgan fingerprint density at radius 1 is 1.24 bits per heavy atom. The van der Waals surface area contributed by atoms with Crippen LogP contribution in [0.1, 0.15) is 18.9 Å². The van der Waals surface area contributed by atoms with Crippen LogP contribution in [0.25, 0.3) is 6.08 Å². The van der Waals surface area contributed by atoms with Gasteiger partial charge < -0.3 is 5.11 Å². The number of hydrogen-bond donors (Lipinski definition) is 1. The van der Waals surface area contributed by atoms with Crippen molar-refractivity contribution in [1.29, 1.82) is 0 Å². The molecule has 3 rings (SSSR count). The van der Waals surface area contributed by atoms with Crippen molar-refractivity contribution in [2.45, 2.75) is 13.3 Å². The van der Waals surface area contributed by atoms with Crippen molar-refractivity contribution in [3.05, 3.63) is 64.0 Å². The van der Waals surface area contributed by atoms with Crippen molar-refractivity contribution in [2.24, 2.45) is 4.99 Å². The van der Waals surface area contributed by atoms with Crippen molar-refractivity contribution in [3.63, 3.8) is 0 Å². The summed E-state index contributed by atoms with van der Waals surface area (Å²) in [5.74, 6) is -0.0967. The largest absolute Gasteiger partial charge is 0.506 e. The van der Waals surface area contributed by atoms with Crippen LogP contribution >= 0.6 is 23.4 Å². The summed E-state index contributed by atoms with van der Waals surface area (Å²) < 4.78 is 0. The van der Waals surface area contributed by atoms with Crippen LogP contribution in [0.3, 0.4) is 0 Å². The van der Waals surface area contributed by atoms with E-state index in [4.69, 9.17) is 11.6 Å². The Balaban J connectivity index is 1.98. The predicted octanol–water partition coefficient (Wildman–Crippen LogP) is 4.93. The molecular weight excluding hydrogens is 356 g/mol. The summed E-state index contributed by atoms with van der Waals surface area (Å²) in [7, 11) is 0. The Kier molecular flexibility index (Phi) is 5.46. The summed E-state index contributed by atoms with van der Waals surface area (Å²) in [5.41, 5.74) is 1.55. The average molecular weight is 373 g/mol. The molecule has 1 saturated heterocycles. The van der Waals surface area contributed by atoms with E-state index in [-0.39, 0.29) is 16.7 Å². The Labute approximate surface area is 155 Å². The van der Waals surface area contributed by atoms with Crippen LogP contribution in [-0.4, -0.2) is 22.7 Å². The van der Waals surface area contributed by atoms with Crippen LogP contribution in [0.15, 0.2) is 58.4 Å². The SMILES string of the molecule is CCCN=C1SC(=Cc2ccc(O)c(Cl)c2)C(=O)N1c1ccccc1. The number of aromatic hydroxyl groups is 1. The molecule has 2 aromatic rings. The number of anilines is 1. The fourth-order valence-corrected chi connectivity index (χ4v) is 3.55. The average Bonchev–Trinajstić information content (AvgIpc) is 2.92. The van der Waals surface area contributed by atoms with E-state index in [1.165, 1.54) is 17.8 Å². The number of amidine groups is 1. The molecule has 0 aromatic heterocycles. The smallest absolute Gasteiger partial charge is 0.271 e. The molecule has 1 fully saturated rings. The zero-order valence-electron chi connectivity index (χ0n) is 13.6. The van der Waals surface area contributed by atoms with Gasteiger partial charge in [0, 0.05) is 6.54 Å². The van der Waals surface area contributed by atoms with Crippen molar-refractivity contribution in [3.8, 4) is 5.75 Å². The van der Waals surface area contributed by atoms with Crippen LogP contribution in [0.5, 0.6) is 5.75 Å². The number of hydrogen-bond acceptors (Lipinski definition) is 4. The first kappa shape index (κ1) is 17.6. The molecule has 0 unspecified atom stereocenters. The molecule has 0 atom stereocenters. The van der Waals surface area contributed by atoms with Crippen molar-refractivity contribution in [2.75, 3.05) is 11.4 Å². The highest BCUT2D eigenvalue weighted by Crippen LogP contribution is 2.36. The number of carbonyl (C=O) groups excluding carboxylic acids is 1. The predicted molar refractivity (Wildman–Crippen MR) is 105 cm³/mol. The Morgan fingerprint density at radius 3 is 2.68 bits per heavy atom. The molecule has 1 N–H and O–H groups in total. The highest BCUT2D eigenvalue weighted by Gasteiger charge is 2.34. The molecule has 0 saturated carbocycles. The second-order valence-electron chi connectivity index (χ2n) is 5.46. The molecule has 128 valence electrons. The number of halogens is 1. The van der Waals surface area contributed by atoms with Crippen LogP contribution in [-0.2, 0) is 4.79 Å². The third kappa shape index (κ3) is 3.89. The van der Waals surface area contributed by atoms with E-state index in [0.29, 0.717) is 16.6 Å². The van der Waals surface area contributed by atoms with Gasteiger partial charge in [-0.2, -0.15) is 0 Å². The van der Waals surface area contributed by atoms with E-state index in [1.54, 1.807) is 23.1 Å². The van der Waals surface area contributed by atoms with Crippen LogP contribution in [0.2, 0.25) is 5.02 Å². The van der Waals surface area contributed by atoms with Crippen LogP contribution in [0.4, 0.5) is 5.69 Å². The summed E-state index contributed by atoms with van der Waals surface area (Å²) in [6, 6.07) is 14.3. The number of phenols is 1. The minimum Gasteiger partial charge on any atom is -0.506 e. The van der Waals surface area contributed by atoms with E-state index in [2.05, 4.69) is 4.99 Å².